The van der Waals surface area contributed by atoms with Crippen LogP contribution in [0.1, 0.15) is 48.9 Å². The standard InChI is InChI=1S/C17H24N2S2/c1-13-6-3-7-14(2)19(13)18-16(17-9-5-11-21-17)12-15-8-4-10-20-15/h4-5,8-11,13-14,16,18H,3,6-7,12H2,1-2H3. The zero-order valence-corrected chi connectivity index (χ0v) is 14.4. The summed E-state index contributed by atoms with van der Waals surface area (Å²) < 4.78 is 0. The third kappa shape index (κ3) is 3.75. The van der Waals surface area contributed by atoms with E-state index in [9.17, 15) is 0 Å². The van der Waals surface area contributed by atoms with Gasteiger partial charge in [0.15, 0.2) is 0 Å². The maximum absolute atomic E-state index is 3.85. The van der Waals surface area contributed by atoms with E-state index in [1.807, 2.05) is 22.7 Å². The van der Waals surface area contributed by atoms with Gasteiger partial charge >= 0.3 is 0 Å². The molecule has 0 aromatic carbocycles. The summed E-state index contributed by atoms with van der Waals surface area (Å²) in [6.07, 6.45) is 5.03. The predicted octanol–water partition coefficient (Wildman–Crippen LogP) is 4.86. The fraction of sp³-hybridized carbons (Fsp3) is 0.529. The zero-order valence-electron chi connectivity index (χ0n) is 12.8. The van der Waals surface area contributed by atoms with Gasteiger partial charge in [0, 0.05) is 28.3 Å². The normalized spacial score (nSPS) is 25.0. The fourth-order valence-electron chi connectivity index (χ4n) is 3.19. The minimum absolute atomic E-state index is 0.395. The molecular weight excluding hydrogens is 296 g/mol. The van der Waals surface area contributed by atoms with E-state index >= 15 is 0 Å². The third-order valence-electron chi connectivity index (χ3n) is 4.37. The highest BCUT2D eigenvalue weighted by molar-refractivity contribution is 7.10. The van der Waals surface area contributed by atoms with Crippen molar-refractivity contribution in [3.8, 4) is 0 Å². The predicted molar refractivity (Wildman–Crippen MR) is 92.8 cm³/mol. The maximum Gasteiger partial charge on any atom is 0.0606 e. The van der Waals surface area contributed by atoms with Crippen LogP contribution in [0.15, 0.2) is 35.0 Å². The first kappa shape index (κ1) is 15.2. The van der Waals surface area contributed by atoms with E-state index in [0.717, 1.165) is 6.42 Å². The Morgan fingerprint density at radius 3 is 2.48 bits per heavy atom. The average molecular weight is 321 g/mol. The number of hydrogen-bond acceptors (Lipinski definition) is 4. The zero-order chi connectivity index (χ0) is 14.7. The Labute approximate surface area is 135 Å². The largest absolute Gasteiger partial charge is 0.246 e. The van der Waals surface area contributed by atoms with Gasteiger partial charge < -0.3 is 0 Å². The highest BCUT2D eigenvalue weighted by atomic mass is 32.1. The molecule has 3 rings (SSSR count). The van der Waals surface area contributed by atoms with Crippen LogP contribution in [0.4, 0.5) is 0 Å². The summed E-state index contributed by atoms with van der Waals surface area (Å²) >= 11 is 3.72. The Hall–Kier alpha value is -0.680. The topological polar surface area (TPSA) is 15.3 Å². The Kier molecular flexibility index (Phi) is 5.11. The van der Waals surface area contributed by atoms with Crippen LogP contribution in [0, 0.1) is 0 Å². The molecule has 4 heteroatoms. The summed E-state index contributed by atoms with van der Waals surface area (Å²) in [5, 5.41) is 6.86. The van der Waals surface area contributed by atoms with Crippen LogP contribution in [-0.2, 0) is 6.42 Å². The quantitative estimate of drug-likeness (QED) is 0.846. The van der Waals surface area contributed by atoms with Gasteiger partial charge in [-0.05, 0) is 49.6 Å². The second-order valence-corrected chi connectivity index (χ2v) is 8.03. The van der Waals surface area contributed by atoms with Crippen LogP contribution in [-0.4, -0.2) is 17.1 Å². The minimum atomic E-state index is 0.395. The number of hydrazine groups is 1. The van der Waals surface area contributed by atoms with Crippen molar-refractivity contribution in [1.29, 1.82) is 0 Å². The van der Waals surface area contributed by atoms with Crippen molar-refractivity contribution in [3.05, 3.63) is 44.8 Å². The third-order valence-corrected chi connectivity index (χ3v) is 6.26. The summed E-state index contributed by atoms with van der Waals surface area (Å²) in [5.74, 6) is 0. The molecule has 0 radical (unpaired) electrons. The van der Waals surface area contributed by atoms with Gasteiger partial charge in [-0.15, -0.1) is 22.7 Å². The number of thiophene rings is 2. The molecule has 0 saturated carbocycles. The van der Waals surface area contributed by atoms with Gasteiger partial charge in [0.2, 0.25) is 0 Å². The lowest BCUT2D eigenvalue weighted by Crippen LogP contribution is -2.53. The van der Waals surface area contributed by atoms with Crippen molar-refractivity contribution in [2.75, 3.05) is 0 Å². The summed E-state index contributed by atoms with van der Waals surface area (Å²) in [6, 6.07) is 10.5. The molecule has 2 nitrogen and oxygen atoms in total. The summed E-state index contributed by atoms with van der Waals surface area (Å²) in [5.41, 5.74) is 3.85. The molecule has 0 spiro atoms. The molecule has 2 aromatic heterocycles. The molecule has 3 heterocycles. The molecule has 2 aromatic rings. The molecule has 21 heavy (non-hydrogen) atoms. The second-order valence-electron chi connectivity index (χ2n) is 6.02. The van der Waals surface area contributed by atoms with Gasteiger partial charge in [0.1, 0.15) is 0 Å². The molecule has 3 unspecified atom stereocenters. The van der Waals surface area contributed by atoms with E-state index in [-0.39, 0.29) is 0 Å². The molecule has 114 valence electrons. The number of rotatable bonds is 5. The highest BCUT2D eigenvalue weighted by Gasteiger charge is 2.27. The Balaban J connectivity index is 1.75. The first-order chi connectivity index (χ1) is 10.2. The van der Waals surface area contributed by atoms with Crippen molar-refractivity contribution in [2.45, 2.75) is 57.7 Å². The number of piperidine rings is 1. The van der Waals surface area contributed by atoms with Gasteiger partial charge in [0.25, 0.3) is 0 Å². The molecule has 0 bridgehead atoms. The molecule has 1 aliphatic rings. The van der Waals surface area contributed by atoms with E-state index in [4.69, 9.17) is 0 Å². The summed E-state index contributed by atoms with van der Waals surface area (Å²) in [6.45, 7) is 4.69. The van der Waals surface area contributed by atoms with Crippen molar-refractivity contribution < 1.29 is 0 Å². The summed E-state index contributed by atoms with van der Waals surface area (Å²) in [4.78, 5) is 2.89. The first-order valence-electron chi connectivity index (χ1n) is 7.84. The summed E-state index contributed by atoms with van der Waals surface area (Å²) in [7, 11) is 0. The van der Waals surface area contributed by atoms with E-state index < -0.39 is 0 Å². The van der Waals surface area contributed by atoms with Crippen LogP contribution >= 0.6 is 22.7 Å². The smallest absolute Gasteiger partial charge is 0.0606 e. The molecule has 3 atom stereocenters. The number of hydrogen-bond donors (Lipinski definition) is 1. The second kappa shape index (κ2) is 7.05. The fourth-order valence-corrected chi connectivity index (χ4v) is 4.71. The average Bonchev–Trinajstić information content (AvgIpc) is 3.14. The van der Waals surface area contributed by atoms with Crippen LogP contribution in [0.25, 0.3) is 0 Å². The monoisotopic (exact) mass is 320 g/mol. The van der Waals surface area contributed by atoms with Gasteiger partial charge in [-0.1, -0.05) is 18.6 Å². The molecule has 1 saturated heterocycles. The Bertz CT molecular complexity index is 511. The molecule has 1 aliphatic heterocycles. The minimum Gasteiger partial charge on any atom is -0.246 e. The van der Waals surface area contributed by atoms with Crippen LogP contribution in [0.2, 0.25) is 0 Å². The van der Waals surface area contributed by atoms with Gasteiger partial charge in [-0.25, -0.2) is 10.4 Å². The van der Waals surface area contributed by atoms with Crippen molar-refractivity contribution >= 4 is 22.7 Å². The Morgan fingerprint density at radius 1 is 1.14 bits per heavy atom. The van der Waals surface area contributed by atoms with Gasteiger partial charge in [-0.3, -0.25) is 0 Å². The first-order valence-corrected chi connectivity index (χ1v) is 9.60. The van der Waals surface area contributed by atoms with E-state index in [1.54, 1.807) is 0 Å². The van der Waals surface area contributed by atoms with Crippen molar-refractivity contribution in [2.24, 2.45) is 0 Å². The SMILES string of the molecule is CC1CCCC(C)N1NC(Cc1cccs1)c1cccs1. The van der Waals surface area contributed by atoms with Crippen LogP contribution in [0.5, 0.6) is 0 Å². The van der Waals surface area contributed by atoms with E-state index in [2.05, 4.69) is 59.3 Å². The van der Waals surface area contributed by atoms with Gasteiger partial charge in [0.05, 0.1) is 6.04 Å². The van der Waals surface area contributed by atoms with Gasteiger partial charge in [-0.2, -0.15) is 0 Å². The maximum atomic E-state index is 3.85. The molecular formula is C17H24N2S2. The molecule has 1 N–H and O–H groups in total. The highest BCUT2D eigenvalue weighted by Crippen LogP contribution is 2.28. The molecule has 0 aliphatic carbocycles. The van der Waals surface area contributed by atoms with Crippen LogP contribution < -0.4 is 5.43 Å². The molecule has 0 amide bonds. The lowest BCUT2D eigenvalue weighted by atomic mass is 9.99. The van der Waals surface area contributed by atoms with E-state index in [0.29, 0.717) is 18.1 Å². The number of nitrogens with zero attached hydrogens (tertiary/aromatic N) is 1. The van der Waals surface area contributed by atoms with E-state index in [1.165, 1.54) is 29.0 Å². The number of nitrogens with one attached hydrogen (secondary N) is 1. The lowest BCUT2D eigenvalue weighted by Gasteiger charge is -2.41. The Morgan fingerprint density at radius 2 is 1.86 bits per heavy atom. The molecule has 1 fully saturated rings. The van der Waals surface area contributed by atoms with Crippen LogP contribution in [0.3, 0.4) is 0 Å². The van der Waals surface area contributed by atoms with Crippen molar-refractivity contribution in [3.63, 3.8) is 0 Å². The van der Waals surface area contributed by atoms with Crippen molar-refractivity contribution in [1.82, 2.24) is 10.4 Å². The lowest BCUT2D eigenvalue weighted by molar-refractivity contribution is 0.0297.